The number of carbonyl (C=O) groups is 3. The van der Waals surface area contributed by atoms with E-state index in [0.29, 0.717) is 62.5 Å². The zero-order valence-electron chi connectivity index (χ0n) is 28.2. The number of ketones is 1. The third kappa shape index (κ3) is 8.76. The van der Waals surface area contributed by atoms with Crippen LogP contribution in [0.5, 0.6) is 23.0 Å². The average Bonchev–Trinajstić information content (AvgIpc) is 3.61. The summed E-state index contributed by atoms with van der Waals surface area (Å²) in [6.45, 7) is 2.75. The van der Waals surface area contributed by atoms with Gasteiger partial charge in [0.25, 0.3) is 0 Å². The maximum Gasteiger partial charge on any atom is 0.246 e. The SMILES string of the molecule is CC(=O)CC[C@H](NC(C)=O)C(=O)Nc1ccc(Oc2ccc3[nH]c(N)c(C#N)c3c2)cc1.N#Cc1c(N)[nH]c2ccc(Oc3ccc(N)cc3)cc12. The fraction of sp³-hybridized carbons (Fsp3) is 0.132. The molecular weight excluding hydrogens is 662 g/mol. The molecular formula is C38H35N9O5. The van der Waals surface area contributed by atoms with Crippen LogP contribution in [0.3, 0.4) is 0 Å². The van der Waals surface area contributed by atoms with Crippen molar-refractivity contribution < 1.29 is 23.9 Å². The molecule has 0 aliphatic rings. The van der Waals surface area contributed by atoms with Crippen molar-refractivity contribution in [2.45, 2.75) is 32.7 Å². The Morgan fingerprint density at radius 2 is 1.17 bits per heavy atom. The minimum Gasteiger partial charge on any atom is -0.457 e. The van der Waals surface area contributed by atoms with Gasteiger partial charge in [0.05, 0.1) is 0 Å². The molecule has 0 aliphatic heterocycles. The first-order valence-electron chi connectivity index (χ1n) is 16.0. The number of aromatic amines is 2. The summed E-state index contributed by atoms with van der Waals surface area (Å²) < 4.78 is 11.6. The van der Waals surface area contributed by atoms with Crippen LogP contribution in [-0.2, 0) is 14.4 Å². The molecule has 0 bridgehead atoms. The quantitative estimate of drug-likeness (QED) is 0.0795. The number of nitrogens with two attached hydrogens (primary N) is 3. The van der Waals surface area contributed by atoms with Crippen molar-refractivity contribution in [3.63, 3.8) is 0 Å². The number of Topliss-reactive ketones (excluding diaryl/α,β-unsaturated/α-hetero) is 1. The zero-order chi connectivity index (χ0) is 37.4. The number of carbonyl (C=O) groups excluding carboxylic acids is 3. The second kappa shape index (κ2) is 15.8. The number of hydrogen-bond acceptors (Lipinski definition) is 10. The van der Waals surface area contributed by atoms with E-state index in [1.807, 2.05) is 12.1 Å². The highest BCUT2D eigenvalue weighted by atomic mass is 16.5. The molecule has 2 amide bonds. The molecule has 262 valence electrons. The second-order valence-corrected chi connectivity index (χ2v) is 11.7. The standard InChI is InChI=1S/C23H23N5O4.C15H12N4O/c1-13(29)3-9-21(26-14(2)30)23(31)27-15-4-6-16(7-5-15)32-17-8-10-20-18(11-17)19(12-24)22(25)28-20;16-8-13-12-7-11(5-6-14(12)19-15(13)18)20-10-3-1-9(17)2-4-10/h4-8,10-11,21,28H,3,9,25H2,1-2H3,(H,26,30)(H,27,31);1-7,19H,17-18H2/t21-;/m0./s1. The van der Waals surface area contributed by atoms with Gasteiger partial charge in [0, 0.05) is 46.5 Å². The van der Waals surface area contributed by atoms with E-state index in [4.69, 9.17) is 31.9 Å². The molecule has 0 unspecified atom stereocenters. The smallest absolute Gasteiger partial charge is 0.246 e. The lowest BCUT2D eigenvalue weighted by Gasteiger charge is -2.17. The molecule has 6 aromatic rings. The molecule has 10 N–H and O–H groups in total. The fourth-order valence-electron chi connectivity index (χ4n) is 5.26. The van der Waals surface area contributed by atoms with E-state index < -0.39 is 11.9 Å². The molecule has 14 heteroatoms. The molecule has 0 saturated carbocycles. The minimum absolute atomic E-state index is 0.0583. The minimum atomic E-state index is -0.804. The lowest BCUT2D eigenvalue weighted by Crippen LogP contribution is -2.43. The van der Waals surface area contributed by atoms with Gasteiger partial charge in [0.1, 0.15) is 69.7 Å². The molecule has 0 radical (unpaired) electrons. The first kappa shape index (κ1) is 35.8. The summed E-state index contributed by atoms with van der Waals surface area (Å²) in [7, 11) is 0. The second-order valence-electron chi connectivity index (χ2n) is 11.7. The number of rotatable bonds is 10. The van der Waals surface area contributed by atoms with Gasteiger partial charge in [-0.15, -0.1) is 0 Å². The Morgan fingerprint density at radius 1 is 0.712 bits per heavy atom. The summed E-state index contributed by atoms with van der Waals surface area (Å²) in [5.74, 6) is 2.23. The van der Waals surface area contributed by atoms with Gasteiger partial charge >= 0.3 is 0 Å². The van der Waals surface area contributed by atoms with Crippen LogP contribution in [0.25, 0.3) is 21.8 Å². The summed E-state index contributed by atoms with van der Waals surface area (Å²) in [6, 6.07) is 27.8. The highest BCUT2D eigenvalue weighted by Gasteiger charge is 2.20. The number of ether oxygens (including phenoxy) is 2. The third-order valence-electron chi connectivity index (χ3n) is 7.77. The van der Waals surface area contributed by atoms with Gasteiger partial charge in [-0.25, -0.2) is 0 Å². The van der Waals surface area contributed by atoms with Crippen LogP contribution in [0.4, 0.5) is 23.0 Å². The number of nitrogen functional groups attached to an aromatic ring is 3. The van der Waals surface area contributed by atoms with Crippen molar-refractivity contribution >= 4 is 62.4 Å². The van der Waals surface area contributed by atoms with Crippen molar-refractivity contribution in [3.8, 4) is 35.1 Å². The summed E-state index contributed by atoms with van der Waals surface area (Å²) in [4.78, 5) is 41.0. The van der Waals surface area contributed by atoms with Crippen LogP contribution in [0.1, 0.15) is 37.8 Å². The Labute approximate surface area is 298 Å². The Balaban J connectivity index is 0.000000223. The number of nitrogens with zero attached hydrogens (tertiary/aromatic N) is 2. The van der Waals surface area contributed by atoms with Crippen molar-refractivity contribution in [1.29, 1.82) is 10.5 Å². The Morgan fingerprint density at radius 3 is 1.62 bits per heavy atom. The van der Waals surface area contributed by atoms with E-state index in [0.717, 1.165) is 16.4 Å². The van der Waals surface area contributed by atoms with Gasteiger partial charge in [-0.1, -0.05) is 0 Å². The van der Waals surface area contributed by atoms with Gasteiger partial charge in [0.2, 0.25) is 11.8 Å². The monoisotopic (exact) mass is 697 g/mol. The number of nitrogens with one attached hydrogen (secondary N) is 4. The first-order valence-corrected chi connectivity index (χ1v) is 16.0. The van der Waals surface area contributed by atoms with Crippen LogP contribution in [-0.4, -0.2) is 33.6 Å². The van der Waals surface area contributed by atoms with E-state index >= 15 is 0 Å². The fourth-order valence-corrected chi connectivity index (χ4v) is 5.26. The largest absolute Gasteiger partial charge is 0.457 e. The first-order chi connectivity index (χ1) is 24.9. The number of benzene rings is 4. The van der Waals surface area contributed by atoms with Crippen LogP contribution in [0, 0.1) is 22.7 Å². The molecule has 6 rings (SSSR count). The van der Waals surface area contributed by atoms with Gasteiger partial charge < -0.3 is 52.1 Å². The topological polar surface area (TPSA) is 251 Å². The van der Waals surface area contributed by atoms with Crippen molar-refractivity contribution in [2.75, 3.05) is 22.5 Å². The molecule has 0 saturated heterocycles. The van der Waals surface area contributed by atoms with E-state index in [2.05, 4.69) is 32.7 Å². The molecule has 2 heterocycles. The lowest BCUT2D eigenvalue weighted by molar-refractivity contribution is -0.126. The molecule has 1 atom stereocenters. The van der Waals surface area contributed by atoms with Crippen LogP contribution >= 0.6 is 0 Å². The van der Waals surface area contributed by atoms with Crippen LogP contribution in [0.2, 0.25) is 0 Å². The van der Waals surface area contributed by atoms with Gasteiger partial charge in [-0.2, -0.15) is 10.5 Å². The Kier molecular flexibility index (Phi) is 10.9. The summed E-state index contributed by atoms with van der Waals surface area (Å²) in [5, 5.41) is 25.1. The van der Waals surface area contributed by atoms with Crippen molar-refractivity contribution in [1.82, 2.24) is 15.3 Å². The predicted octanol–water partition coefficient (Wildman–Crippen LogP) is 6.22. The number of nitriles is 2. The number of hydrogen-bond donors (Lipinski definition) is 7. The summed E-state index contributed by atoms with van der Waals surface area (Å²) >= 11 is 0. The normalized spacial score (nSPS) is 11.0. The third-order valence-corrected chi connectivity index (χ3v) is 7.77. The average molecular weight is 698 g/mol. The number of amides is 2. The Bertz CT molecular complexity index is 2350. The van der Waals surface area contributed by atoms with Crippen molar-refractivity contribution in [3.05, 3.63) is 96.1 Å². The molecule has 14 nitrogen and oxygen atoms in total. The maximum absolute atomic E-state index is 12.5. The number of fused-ring (bicyclic) bond motifs is 2. The predicted molar refractivity (Wildman–Crippen MR) is 198 cm³/mol. The Hall–Kier alpha value is -7.45. The van der Waals surface area contributed by atoms with Crippen LogP contribution in [0.15, 0.2) is 84.9 Å². The van der Waals surface area contributed by atoms with Gasteiger partial charge in [0.15, 0.2) is 0 Å². The number of aromatic nitrogens is 2. The van der Waals surface area contributed by atoms with Gasteiger partial charge in [-0.05, 0) is 98.3 Å². The maximum atomic E-state index is 12.5. The van der Waals surface area contributed by atoms with E-state index in [1.165, 1.54) is 13.8 Å². The highest BCUT2D eigenvalue weighted by Crippen LogP contribution is 2.31. The summed E-state index contributed by atoms with van der Waals surface area (Å²) in [6.07, 6.45) is 0.411. The number of anilines is 4. The molecule has 0 aliphatic carbocycles. The van der Waals surface area contributed by atoms with Gasteiger partial charge in [-0.3, -0.25) is 9.59 Å². The van der Waals surface area contributed by atoms with E-state index in [9.17, 15) is 19.6 Å². The molecule has 2 aromatic heterocycles. The van der Waals surface area contributed by atoms with Crippen LogP contribution < -0.4 is 37.3 Å². The highest BCUT2D eigenvalue weighted by molar-refractivity contribution is 5.97. The number of H-pyrrole nitrogens is 2. The summed E-state index contributed by atoms with van der Waals surface area (Å²) in [5.41, 5.74) is 20.7. The molecule has 4 aromatic carbocycles. The zero-order valence-corrected chi connectivity index (χ0v) is 28.2. The van der Waals surface area contributed by atoms with E-state index in [1.54, 1.807) is 72.8 Å². The molecule has 52 heavy (non-hydrogen) atoms. The lowest BCUT2D eigenvalue weighted by atomic mass is 10.1. The molecule has 0 fully saturated rings. The van der Waals surface area contributed by atoms with E-state index in [-0.39, 0.29) is 24.5 Å². The molecule has 0 spiro atoms. The van der Waals surface area contributed by atoms with Crippen molar-refractivity contribution in [2.24, 2.45) is 0 Å².